The number of rotatable bonds is 5. The van der Waals surface area contributed by atoms with E-state index in [4.69, 9.17) is 10.2 Å². The third-order valence-electron chi connectivity index (χ3n) is 6.05. The Kier molecular flexibility index (Phi) is 5.31. The predicted octanol–water partition coefficient (Wildman–Crippen LogP) is 7.23. The van der Waals surface area contributed by atoms with Gasteiger partial charge in [0, 0.05) is 45.3 Å². The van der Waals surface area contributed by atoms with E-state index in [-0.39, 0.29) is 5.91 Å². The number of benzene rings is 4. The van der Waals surface area contributed by atoms with Gasteiger partial charge in [-0.15, -0.1) is 0 Å². The van der Waals surface area contributed by atoms with Crippen molar-refractivity contribution in [3.05, 3.63) is 115 Å². The maximum Gasteiger partial charge on any atom is 0.257 e. The number of hydrogen-bond acceptors (Lipinski definition) is 5. The van der Waals surface area contributed by atoms with Crippen LogP contribution in [0.2, 0.25) is 0 Å². The quantitative estimate of drug-likeness (QED) is 0.231. The van der Waals surface area contributed by atoms with Crippen LogP contribution in [-0.2, 0) is 0 Å². The number of amides is 1. The van der Waals surface area contributed by atoms with Crippen LogP contribution in [-0.4, -0.2) is 10.9 Å². The lowest BCUT2D eigenvalue weighted by molar-refractivity contribution is 0.102. The summed E-state index contributed by atoms with van der Waals surface area (Å²) in [6.07, 6.45) is 1.77. The Labute approximate surface area is 207 Å². The van der Waals surface area contributed by atoms with Gasteiger partial charge in [-0.3, -0.25) is 9.78 Å². The third kappa shape index (κ3) is 4.01. The summed E-state index contributed by atoms with van der Waals surface area (Å²) in [5, 5.41) is 8.46. The molecule has 6 rings (SSSR count). The number of nitrogens with one attached hydrogen (secondary N) is 2. The van der Waals surface area contributed by atoms with Crippen LogP contribution in [0.5, 0.6) is 0 Å². The molecule has 0 aliphatic rings. The molecule has 0 atom stereocenters. The second-order valence-corrected chi connectivity index (χ2v) is 8.46. The van der Waals surface area contributed by atoms with Crippen LogP contribution < -0.4 is 16.4 Å². The summed E-state index contributed by atoms with van der Waals surface area (Å²) in [5.74, 6) is -0.254. The van der Waals surface area contributed by atoms with Crippen LogP contribution in [0, 0.1) is 0 Å². The topological polar surface area (TPSA) is 93.2 Å². The lowest BCUT2D eigenvalue weighted by Crippen LogP contribution is -2.13. The molecule has 2 heterocycles. The third-order valence-corrected chi connectivity index (χ3v) is 6.05. The standard InChI is InChI=1S/C30H22N4O2/c31-26-13-3-1-10-24(26)30(35)34-20-8-5-7-19(17-20)33-21-15-16-32-27(18-21)25-12-6-11-23-22-9-2-4-14-28(22)36-29(23)25/h1-18H,31H2,(H,32,33)(H,34,35). The highest BCUT2D eigenvalue weighted by atomic mass is 16.3. The Morgan fingerprint density at radius 3 is 2.42 bits per heavy atom. The highest BCUT2D eigenvalue weighted by molar-refractivity contribution is 6.09. The number of aromatic nitrogens is 1. The Hall–Kier alpha value is -5.10. The summed E-state index contributed by atoms with van der Waals surface area (Å²) in [6, 6.07) is 32.5. The lowest BCUT2D eigenvalue weighted by atomic mass is 10.1. The number of para-hydroxylation sites is 3. The molecule has 6 nitrogen and oxygen atoms in total. The molecule has 0 bridgehead atoms. The average Bonchev–Trinajstić information content (AvgIpc) is 3.28. The maximum absolute atomic E-state index is 12.6. The number of hydrogen-bond donors (Lipinski definition) is 3. The smallest absolute Gasteiger partial charge is 0.257 e. The fraction of sp³-hybridized carbons (Fsp3) is 0. The summed E-state index contributed by atoms with van der Waals surface area (Å²) in [6.45, 7) is 0. The highest BCUT2D eigenvalue weighted by Gasteiger charge is 2.13. The minimum Gasteiger partial charge on any atom is -0.455 e. The zero-order valence-electron chi connectivity index (χ0n) is 19.2. The first-order chi connectivity index (χ1) is 17.7. The van der Waals surface area contributed by atoms with Crippen molar-refractivity contribution in [2.45, 2.75) is 0 Å². The van der Waals surface area contributed by atoms with Gasteiger partial charge in [-0.05, 0) is 54.6 Å². The Bertz CT molecular complexity index is 1740. The van der Waals surface area contributed by atoms with E-state index in [9.17, 15) is 4.79 Å². The second kappa shape index (κ2) is 8.92. The molecule has 0 spiro atoms. The number of nitrogen functional groups attached to an aromatic ring is 1. The molecule has 0 fully saturated rings. The molecule has 174 valence electrons. The monoisotopic (exact) mass is 470 g/mol. The molecular weight excluding hydrogens is 448 g/mol. The first-order valence-corrected chi connectivity index (χ1v) is 11.6. The van der Waals surface area contributed by atoms with Crippen LogP contribution >= 0.6 is 0 Å². The highest BCUT2D eigenvalue weighted by Crippen LogP contribution is 2.35. The lowest BCUT2D eigenvalue weighted by Gasteiger charge is -2.11. The molecule has 0 aliphatic heterocycles. The van der Waals surface area contributed by atoms with E-state index in [1.807, 2.05) is 66.7 Å². The Morgan fingerprint density at radius 1 is 0.750 bits per heavy atom. The number of fused-ring (bicyclic) bond motifs is 3. The van der Waals surface area contributed by atoms with Gasteiger partial charge >= 0.3 is 0 Å². The van der Waals surface area contributed by atoms with Crippen molar-refractivity contribution in [2.24, 2.45) is 0 Å². The minimum atomic E-state index is -0.254. The van der Waals surface area contributed by atoms with Crippen molar-refractivity contribution >= 4 is 50.6 Å². The van der Waals surface area contributed by atoms with Crippen LogP contribution in [0.3, 0.4) is 0 Å². The van der Waals surface area contributed by atoms with E-state index in [0.29, 0.717) is 16.9 Å². The molecule has 36 heavy (non-hydrogen) atoms. The van der Waals surface area contributed by atoms with Crippen LogP contribution in [0.1, 0.15) is 10.4 Å². The van der Waals surface area contributed by atoms with Crippen molar-refractivity contribution < 1.29 is 9.21 Å². The summed E-state index contributed by atoms with van der Waals surface area (Å²) in [4.78, 5) is 17.3. The number of anilines is 4. The van der Waals surface area contributed by atoms with Crippen molar-refractivity contribution in [3.63, 3.8) is 0 Å². The first-order valence-electron chi connectivity index (χ1n) is 11.6. The summed E-state index contributed by atoms with van der Waals surface area (Å²) < 4.78 is 6.18. The number of carbonyl (C=O) groups is 1. The maximum atomic E-state index is 12.6. The summed E-state index contributed by atoms with van der Waals surface area (Å²) in [7, 11) is 0. The van der Waals surface area contributed by atoms with Gasteiger partial charge in [0.1, 0.15) is 11.2 Å². The molecule has 0 saturated carbocycles. The van der Waals surface area contributed by atoms with E-state index in [1.165, 1.54) is 0 Å². The fourth-order valence-corrected chi connectivity index (χ4v) is 4.35. The van der Waals surface area contributed by atoms with E-state index < -0.39 is 0 Å². The molecule has 1 amide bonds. The molecule has 6 aromatic rings. The summed E-state index contributed by atoms with van der Waals surface area (Å²) >= 11 is 0. The van der Waals surface area contributed by atoms with Gasteiger partial charge in [0.2, 0.25) is 0 Å². The van der Waals surface area contributed by atoms with Gasteiger partial charge in [0.25, 0.3) is 5.91 Å². The average molecular weight is 471 g/mol. The Balaban J connectivity index is 1.28. The second-order valence-electron chi connectivity index (χ2n) is 8.46. The van der Waals surface area contributed by atoms with Gasteiger partial charge in [-0.2, -0.15) is 0 Å². The van der Waals surface area contributed by atoms with E-state index >= 15 is 0 Å². The molecule has 0 radical (unpaired) electrons. The molecule has 4 aromatic carbocycles. The van der Waals surface area contributed by atoms with E-state index in [1.54, 1.807) is 30.5 Å². The van der Waals surface area contributed by atoms with Crippen molar-refractivity contribution in [1.82, 2.24) is 4.98 Å². The normalized spacial score (nSPS) is 11.0. The molecule has 0 saturated heterocycles. The summed E-state index contributed by atoms with van der Waals surface area (Å²) in [5.41, 5.74) is 12.6. The van der Waals surface area contributed by atoms with Crippen molar-refractivity contribution in [2.75, 3.05) is 16.4 Å². The van der Waals surface area contributed by atoms with Gasteiger partial charge in [0.15, 0.2) is 0 Å². The SMILES string of the molecule is Nc1ccccc1C(=O)Nc1cccc(Nc2ccnc(-c3cccc4c3oc3ccccc34)c2)c1. The van der Waals surface area contributed by atoms with Crippen molar-refractivity contribution in [1.29, 1.82) is 0 Å². The van der Waals surface area contributed by atoms with Crippen molar-refractivity contribution in [3.8, 4) is 11.3 Å². The fourth-order valence-electron chi connectivity index (χ4n) is 4.35. The van der Waals surface area contributed by atoms with Gasteiger partial charge in [-0.1, -0.05) is 48.5 Å². The van der Waals surface area contributed by atoms with Gasteiger partial charge in [-0.25, -0.2) is 0 Å². The molecule has 6 heteroatoms. The predicted molar refractivity (Wildman–Crippen MR) is 145 cm³/mol. The number of pyridine rings is 1. The van der Waals surface area contributed by atoms with Crippen LogP contribution in [0.4, 0.5) is 22.7 Å². The molecule has 4 N–H and O–H groups in total. The van der Waals surface area contributed by atoms with Gasteiger partial charge < -0.3 is 20.8 Å². The number of nitrogens with zero attached hydrogens (tertiary/aromatic N) is 1. The number of furan rings is 1. The molecule has 0 aliphatic carbocycles. The van der Waals surface area contributed by atoms with Gasteiger partial charge in [0.05, 0.1) is 11.3 Å². The van der Waals surface area contributed by atoms with Crippen LogP contribution in [0.15, 0.2) is 114 Å². The zero-order valence-corrected chi connectivity index (χ0v) is 19.2. The van der Waals surface area contributed by atoms with E-state index in [0.717, 1.165) is 44.6 Å². The number of carbonyl (C=O) groups excluding carboxylic acids is 1. The molecule has 0 unspecified atom stereocenters. The van der Waals surface area contributed by atoms with Crippen LogP contribution in [0.25, 0.3) is 33.2 Å². The molecular formula is C30H22N4O2. The largest absolute Gasteiger partial charge is 0.455 e. The Morgan fingerprint density at radius 2 is 1.50 bits per heavy atom. The zero-order chi connectivity index (χ0) is 24.5. The first kappa shape index (κ1) is 21.4. The molecule has 2 aromatic heterocycles. The number of nitrogens with two attached hydrogens (primary N) is 1. The van der Waals surface area contributed by atoms with E-state index in [2.05, 4.69) is 27.8 Å². The minimum absolute atomic E-state index is 0.254.